The van der Waals surface area contributed by atoms with Crippen molar-refractivity contribution in [2.24, 2.45) is 0 Å². The Kier molecular flexibility index (Phi) is 5.96. The normalized spacial score (nSPS) is 17.0. The molecule has 1 atom stereocenters. The van der Waals surface area contributed by atoms with E-state index in [1.807, 2.05) is 40.6 Å². The Balaban J connectivity index is 1.41. The van der Waals surface area contributed by atoms with Gasteiger partial charge in [0.1, 0.15) is 0 Å². The Labute approximate surface area is 146 Å². The molecule has 2 heterocycles. The van der Waals surface area contributed by atoms with Crippen molar-refractivity contribution in [3.05, 3.63) is 52.5 Å². The van der Waals surface area contributed by atoms with Gasteiger partial charge in [0.2, 0.25) is 5.91 Å². The van der Waals surface area contributed by atoms with Gasteiger partial charge in [0, 0.05) is 57.1 Å². The molecule has 0 spiro atoms. The SMILES string of the molecule is O=C(CCc1nccs1)N1CCN(CC(O)c2ccccc2)CC1. The van der Waals surface area contributed by atoms with Crippen LogP contribution in [0, 0.1) is 0 Å². The number of carbonyl (C=O) groups excluding carboxylic acids is 1. The molecule has 1 saturated heterocycles. The van der Waals surface area contributed by atoms with Gasteiger partial charge in [0.25, 0.3) is 0 Å². The van der Waals surface area contributed by atoms with Crippen molar-refractivity contribution < 1.29 is 9.90 Å². The predicted molar refractivity (Wildman–Crippen MR) is 94.9 cm³/mol. The van der Waals surface area contributed by atoms with E-state index < -0.39 is 6.10 Å². The highest BCUT2D eigenvalue weighted by Gasteiger charge is 2.22. The van der Waals surface area contributed by atoms with Crippen LogP contribution >= 0.6 is 11.3 Å². The first-order valence-corrected chi connectivity index (χ1v) is 9.22. The molecule has 0 bridgehead atoms. The van der Waals surface area contributed by atoms with Crippen LogP contribution in [-0.4, -0.2) is 58.5 Å². The van der Waals surface area contributed by atoms with Crippen LogP contribution in [0.1, 0.15) is 23.1 Å². The summed E-state index contributed by atoms with van der Waals surface area (Å²) in [6.45, 7) is 3.71. The largest absolute Gasteiger partial charge is 0.387 e. The summed E-state index contributed by atoms with van der Waals surface area (Å²) in [6.07, 6.45) is 2.56. The molecule has 0 aliphatic carbocycles. The highest BCUT2D eigenvalue weighted by molar-refractivity contribution is 7.09. The van der Waals surface area contributed by atoms with E-state index >= 15 is 0 Å². The number of aryl methyl sites for hydroxylation is 1. The number of piperazine rings is 1. The van der Waals surface area contributed by atoms with Crippen LogP contribution in [0.25, 0.3) is 0 Å². The molecule has 6 heteroatoms. The van der Waals surface area contributed by atoms with Gasteiger partial charge in [-0.15, -0.1) is 11.3 Å². The monoisotopic (exact) mass is 345 g/mol. The topological polar surface area (TPSA) is 56.7 Å². The summed E-state index contributed by atoms with van der Waals surface area (Å²) in [7, 11) is 0. The minimum Gasteiger partial charge on any atom is -0.387 e. The van der Waals surface area contributed by atoms with Crippen LogP contribution in [0.4, 0.5) is 0 Å². The second-order valence-electron chi connectivity index (χ2n) is 6.03. The van der Waals surface area contributed by atoms with Crippen molar-refractivity contribution in [1.82, 2.24) is 14.8 Å². The average molecular weight is 345 g/mol. The molecule has 1 aromatic heterocycles. The van der Waals surface area contributed by atoms with Crippen molar-refractivity contribution in [1.29, 1.82) is 0 Å². The van der Waals surface area contributed by atoms with Gasteiger partial charge < -0.3 is 10.0 Å². The minimum absolute atomic E-state index is 0.202. The quantitative estimate of drug-likeness (QED) is 0.869. The Morgan fingerprint density at radius 1 is 1.21 bits per heavy atom. The molecule has 1 unspecified atom stereocenters. The molecule has 128 valence electrons. The second-order valence-corrected chi connectivity index (χ2v) is 7.01. The molecule has 1 aromatic carbocycles. The zero-order chi connectivity index (χ0) is 16.8. The molecule has 3 rings (SSSR count). The number of β-amino-alcohol motifs (C(OH)–C–C–N with tert-alkyl or cyclic N) is 1. The van der Waals surface area contributed by atoms with Crippen LogP contribution < -0.4 is 0 Å². The van der Waals surface area contributed by atoms with Gasteiger partial charge in [-0.25, -0.2) is 4.98 Å². The number of amides is 1. The van der Waals surface area contributed by atoms with Crippen molar-refractivity contribution >= 4 is 17.2 Å². The van der Waals surface area contributed by atoms with E-state index in [0.29, 0.717) is 13.0 Å². The maximum Gasteiger partial charge on any atom is 0.223 e. The Morgan fingerprint density at radius 3 is 2.62 bits per heavy atom. The van der Waals surface area contributed by atoms with Crippen LogP contribution in [-0.2, 0) is 11.2 Å². The summed E-state index contributed by atoms with van der Waals surface area (Å²) in [5.41, 5.74) is 0.944. The summed E-state index contributed by atoms with van der Waals surface area (Å²) in [6, 6.07) is 9.73. The molecule has 1 N–H and O–H groups in total. The third-order valence-corrected chi connectivity index (χ3v) is 5.22. The van der Waals surface area contributed by atoms with Crippen molar-refractivity contribution in [2.75, 3.05) is 32.7 Å². The molecule has 5 nitrogen and oxygen atoms in total. The number of aliphatic hydroxyl groups is 1. The highest BCUT2D eigenvalue weighted by Crippen LogP contribution is 2.15. The molecule has 1 fully saturated rings. The van der Waals surface area contributed by atoms with Gasteiger partial charge in [0.05, 0.1) is 11.1 Å². The zero-order valence-corrected chi connectivity index (χ0v) is 14.5. The first-order chi connectivity index (χ1) is 11.7. The molecule has 24 heavy (non-hydrogen) atoms. The first-order valence-electron chi connectivity index (χ1n) is 8.34. The maximum atomic E-state index is 12.3. The third-order valence-electron chi connectivity index (χ3n) is 4.38. The van der Waals surface area contributed by atoms with Crippen LogP contribution in [0.2, 0.25) is 0 Å². The summed E-state index contributed by atoms with van der Waals surface area (Å²) in [4.78, 5) is 20.7. The fraction of sp³-hybridized carbons (Fsp3) is 0.444. The van der Waals surface area contributed by atoms with Gasteiger partial charge in [-0.3, -0.25) is 9.69 Å². The molecular formula is C18H23N3O2S. The summed E-state index contributed by atoms with van der Waals surface area (Å²) in [5, 5.41) is 13.3. The number of hydrogen-bond acceptors (Lipinski definition) is 5. The average Bonchev–Trinajstić information content (AvgIpc) is 3.14. The molecule has 1 amide bonds. The van der Waals surface area contributed by atoms with Crippen LogP contribution in [0.3, 0.4) is 0 Å². The van der Waals surface area contributed by atoms with Crippen LogP contribution in [0.15, 0.2) is 41.9 Å². The maximum absolute atomic E-state index is 12.3. The van der Waals surface area contributed by atoms with E-state index in [-0.39, 0.29) is 5.91 Å². The van der Waals surface area contributed by atoms with Crippen molar-refractivity contribution in [3.63, 3.8) is 0 Å². The van der Waals surface area contributed by atoms with E-state index in [1.165, 1.54) is 0 Å². The molecule has 0 radical (unpaired) electrons. The Hall–Kier alpha value is -1.76. The fourth-order valence-corrected chi connectivity index (χ4v) is 3.57. The number of aromatic nitrogens is 1. The number of carbonyl (C=O) groups is 1. The smallest absolute Gasteiger partial charge is 0.223 e. The number of thiazole rings is 1. The number of benzene rings is 1. The number of rotatable bonds is 6. The van der Waals surface area contributed by atoms with E-state index in [9.17, 15) is 9.90 Å². The van der Waals surface area contributed by atoms with Crippen molar-refractivity contribution in [2.45, 2.75) is 18.9 Å². The fourth-order valence-electron chi connectivity index (χ4n) is 2.95. The summed E-state index contributed by atoms with van der Waals surface area (Å²) < 4.78 is 0. The molecule has 1 aliphatic heterocycles. The molecule has 2 aromatic rings. The van der Waals surface area contributed by atoms with Gasteiger partial charge in [0.15, 0.2) is 0 Å². The lowest BCUT2D eigenvalue weighted by atomic mass is 10.1. The van der Waals surface area contributed by atoms with Gasteiger partial charge in [-0.05, 0) is 5.56 Å². The molecule has 0 saturated carbocycles. The van der Waals surface area contributed by atoms with Crippen molar-refractivity contribution in [3.8, 4) is 0 Å². The summed E-state index contributed by atoms with van der Waals surface area (Å²) in [5.74, 6) is 0.202. The van der Waals surface area contributed by atoms with E-state index in [4.69, 9.17) is 0 Å². The van der Waals surface area contributed by atoms with E-state index in [1.54, 1.807) is 17.5 Å². The third kappa shape index (κ3) is 4.63. The number of aliphatic hydroxyl groups excluding tert-OH is 1. The zero-order valence-electron chi connectivity index (χ0n) is 13.7. The second kappa shape index (κ2) is 8.37. The highest BCUT2D eigenvalue weighted by atomic mass is 32.1. The predicted octanol–water partition coefficient (Wildman–Crippen LogP) is 1.95. The van der Waals surface area contributed by atoms with E-state index in [0.717, 1.165) is 43.2 Å². The lowest BCUT2D eigenvalue weighted by Gasteiger charge is -2.35. The van der Waals surface area contributed by atoms with Crippen LogP contribution in [0.5, 0.6) is 0 Å². The first kappa shape index (κ1) is 17.1. The number of hydrogen-bond donors (Lipinski definition) is 1. The van der Waals surface area contributed by atoms with Gasteiger partial charge in [-0.1, -0.05) is 30.3 Å². The lowest BCUT2D eigenvalue weighted by Crippen LogP contribution is -2.49. The molecular weight excluding hydrogens is 322 g/mol. The Morgan fingerprint density at radius 2 is 1.96 bits per heavy atom. The van der Waals surface area contributed by atoms with Gasteiger partial charge >= 0.3 is 0 Å². The van der Waals surface area contributed by atoms with Gasteiger partial charge in [-0.2, -0.15) is 0 Å². The minimum atomic E-state index is -0.474. The lowest BCUT2D eigenvalue weighted by molar-refractivity contribution is -0.133. The Bertz CT molecular complexity index is 625. The standard InChI is InChI=1S/C18H23N3O2S/c22-16(15-4-2-1-3-5-15)14-20-9-11-21(12-10-20)18(23)7-6-17-19-8-13-24-17/h1-5,8,13,16,22H,6-7,9-12,14H2. The summed E-state index contributed by atoms with van der Waals surface area (Å²) >= 11 is 1.60. The molecule has 1 aliphatic rings. The van der Waals surface area contributed by atoms with E-state index in [2.05, 4.69) is 9.88 Å². The number of nitrogens with zero attached hydrogens (tertiary/aromatic N) is 3.